The van der Waals surface area contributed by atoms with Crippen LogP contribution < -0.4 is 10.5 Å². The maximum Gasteiger partial charge on any atom is 0.241 e. The molecule has 0 aromatic heterocycles. The third kappa shape index (κ3) is 4.58. The highest BCUT2D eigenvalue weighted by molar-refractivity contribution is 7.89. The fourth-order valence-corrected chi connectivity index (χ4v) is 4.77. The number of nitrogens with two attached hydrogens (primary N) is 1. The van der Waals surface area contributed by atoms with Crippen LogP contribution in [-0.4, -0.2) is 44.8 Å². The summed E-state index contributed by atoms with van der Waals surface area (Å²) in [5, 5.41) is 0. The van der Waals surface area contributed by atoms with Crippen molar-refractivity contribution in [3.8, 4) is 0 Å². The number of hydrogen-bond acceptors (Lipinski definition) is 4. The minimum atomic E-state index is -3.77. The molecule has 7 nitrogen and oxygen atoms in total. The molecule has 0 aliphatic carbocycles. The Morgan fingerprint density at radius 2 is 1.68 bits per heavy atom. The van der Waals surface area contributed by atoms with E-state index in [1.807, 2.05) is 6.92 Å². The topological polar surface area (TPSA) is 110 Å². The first-order chi connectivity index (χ1) is 11.6. The zero-order valence-corrected chi connectivity index (χ0v) is 15.6. The average Bonchev–Trinajstić information content (AvgIpc) is 2.51. The maximum absolute atomic E-state index is 12.6. The van der Waals surface area contributed by atoms with E-state index in [1.54, 1.807) is 30.9 Å². The third-order valence-corrected chi connectivity index (χ3v) is 6.24. The lowest BCUT2D eigenvalue weighted by molar-refractivity contribution is -0.133. The Morgan fingerprint density at radius 3 is 2.16 bits per heavy atom. The molecule has 0 atom stereocenters. The fourth-order valence-electron chi connectivity index (χ4n) is 3.34. The zero-order chi connectivity index (χ0) is 18.8. The van der Waals surface area contributed by atoms with Gasteiger partial charge in [-0.25, -0.2) is 13.1 Å². The van der Waals surface area contributed by atoms with Crippen molar-refractivity contribution in [3.05, 3.63) is 28.8 Å². The lowest BCUT2D eigenvalue weighted by Gasteiger charge is -2.30. The Hall–Kier alpha value is -1.93. The van der Waals surface area contributed by atoms with Crippen molar-refractivity contribution in [2.45, 2.75) is 38.5 Å². The largest absolute Gasteiger partial charge is 0.369 e. The van der Waals surface area contributed by atoms with Gasteiger partial charge in [-0.2, -0.15) is 0 Å². The Kier molecular flexibility index (Phi) is 5.84. The first-order valence-corrected chi connectivity index (χ1v) is 9.74. The third-order valence-electron chi connectivity index (χ3n) is 4.54. The lowest BCUT2D eigenvalue weighted by Crippen LogP contribution is -2.45. The smallest absolute Gasteiger partial charge is 0.241 e. The van der Waals surface area contributed by atoms with Gasteiger partial charge in [0.2, 0.25) is 21.8 Å². The molecule has 138 valence electrons. The van der Waals surface area contributed by atoms with Crippen LogP contribution in [0, 0.1) is 26.7 Å². The fraction of sp³-hybridized carbons (Fsp3) is 0.529. The number of hydrogen-bond donors (Lipinski definition) is 2. The number of rotatable bonds is 5. The summed E-state index contributed by atoms with van der Waals surface area (Å²) in [5.41, 5.74) is 7.57. The predicted molar refractivity (Wildman–Crippen MR) is 94.3 cm³/mol. The number of likely N-dealkylation sites (tertiary alicyclic amines) is 1. The van der Waals surface area contributed by atoms with Crippen LogP contribution in [0.4, 0.5) is 0 Å². The molecule has 1 fully saturated rings. The number of sulfonamides is 1. The molecule has 1 saturated heterocycles. The predicted octanol–water partition coefficient (Wildman–Crippen LogP) is 0.614. The number of piperidine rings is 1. The Morgan fingerprint density at radius 1 is 1.16 bits per heavy atom. The van der Waals surface area contributed by atoms with Crippen LogP contribution in [0.1, 0.15) is 29.5 Å². The molecule has 2 amide bonds. The van der Waals surface area contributed by atoms with Gasteiger partial charge in [0.05, 0.1) is 11.4 Å². The number of carbonyl (C=O) groups excluding carboxylic acids is 2. The van der Waals surface area contributed by atoms with Gasteiger partial charge < -0.3 is 10.6 Å². The van der Waals surface area contributed by atoms with Gasteiger partial charge in [0.1, 0.15) is 0 Å². The molecule has 3 N–H and O–H groups in total. The molecule has 0 bridgehead atoms. The van der Waals surface area contributed by atoms with E-state index in [0.717, 1.165) is 5.56 Å². The molecule has 0 radical (unpaired) electrons. The molecule has 0 unspecified atom stereocenters. The highest BCUT2D eigenvalue weighted by Gasteiger charge is 2.27. The SMILES string of the molecule is Cc1cc(C)c(S(=O)(=O)NCC(=O)N2CCC(C(N)=O)CC2)c(C)c1. The highest BCUT2D eigenvalue weighted by Crippen LogP contribution is 2.21. The van der Waals surface area contributed by atoms with E-state index in [9.17, 15) is 18.0 Å². The molecular weight excluding hydrogens is 342 g/mol. The summed E-state index contributed by atoms with van der Waals surface area (Å²) >= 11 is 0. The van der Waals surface area contributed by atoms with Crippen molar-refractivity contribution in [2.75, 3.05) is 19.6 Å². The molecule has 1 heterocycles. The second-order valence-electron chi connectivity index (χ2n) is 6.61. The van der Waals surface area contributed by atoms with E-state index >= 15 is 0 Å². The van der Waals surface area contributed by atoms with Crippen molar-refractivity contribution >= 4 is 21.8 Å². The van der Waals surface area contributed by atoms with Crippen molar-refractivity contribution in [2.24, 2.45) is 11.7 Å². The van der Waals surface area contributed by atoms with Gasteiger partial charge in [-0.1, -0.05) is 17.7 Å². The van der Waals surface area contributed by atoms with Crippen molar-refractivity contribution in [1.82, 2.24) is 9.62 Å². The monoisotopic (exact) mass is 367 g/mol. The van der Waals surface area contributed by atoms with Crippen LogP contribution >= 0.6 is 0 Å². The van der Waals surface area contributed by atoms with Crippen LogP contribution in [0.25, 0.3) is 0 Å². The standard InChI is InChI=1S/C17H25N3O4S/c1-11-8-12(2)16(13(3)9-11)25(23,24)19-10-15(21)20-6-4-14(5-7-20)17(18)22/h8-9,14,19H,4-7,10H2,1-3H3,(H2,18,22). The average molecular weight is 367 g/mol. The Labute approximate surface area is 148 Å². The van der Waals surface area contributed by atoms with E-state index in [-0.39, 0.29) is 29.2 Å². The van der Waals surface area contributed by atoms with Crippen LogP contribution in [0.5, 0.6) is 0 Å². The number of primary amides is 1. The number of amides is 2. The van der Waals surface area contributed by atoms with Crippen LogP contribution in [0.2, 0.25) is 0 Å². The Bertz CT molecular complexity index is 758. The van der Waals surface area contributed by atoms with E-state index in [2.05, 4.69) is 4.72 Å². The normalized spacial score (nSPS) is 16.0. The van der Waals surface area contributed by atoms with Gasteiger partial charge >= 0.3 is 0 Å². The number of aryl methyl sites for hydroxylation is 3. The van der Waals surface area contributed by atoms with Crippen LogP contribution in [0.15, 0.2) is 17.0 Å². The van der Waals surface area contributed by atoms with Crippen molar-refractivity contribution in [1.29, 1.82) is 0 Å². The number of benzene rings is 1. The molecule has 1 aromatic rings. The second-order valence-corrected chi connectivity index (χ2v) is 8.31. The summed E-state index contributed by atoms with van der Waals surface area (Å²) in [6.45, 7) is 5.92. The van der Waals surface area contributed by atoms with Gasteiger partial charge in [0.25, 0.3) is 0 Å². The molecule has 25 heavy (non-hydrogen) atoms. The first-order valence-electron chi connectivity index (χ1n) is 8.26. The molecule has 0 spiro atoms. The van der Waals surface area contributed by atoms with E-state index < -0.39 is 10.0 Å². The molecule has 1 aliphatic heterocycles. The number of carbonyl (C=O) groups is 2. The summed E-state index contributed by atoms with van der Waals surface area (Å²) in [6.07, 6.45) is 1.04. The highest BCUT2D eigenvalue weighted by atomic mass is 32.2. The van der Waals surface area contributed by atoms with Crippen molar-refractivity contribution < 1.29 is 18.0 Å². The summed E-state index contributed by atoms with van der Waals surface area (Å²) in [5.74, 6) is -0.856. The summed E-state index contributed by atoms with van der Waals surface area (Å²) in [4.78, 5) is 25.2. The summed E-state index contributed by atoms with van der Waals surface area (Å²) in [6, 6.07) is 3.61. The number of nitrogens with one attached hydrogen (secondary N) is 1. The van der Waals surface area contributed by atoms with Crippen LogP contribution in [0.3, 0.4) is 0 Å². The Balaban J connectivity index is 2.01. The van der Waals surface area contributed by atoms with Gasteiger partial charge in [-0.3, -0.25) is 9.59 Å². The van der Waals surface area contributed by atoms with Gasteiger partial charge in [-0.15, -0.1) is 0 Å². The van der Waals surface area contributed by atoms with Crippen molar-refractivity contribution in [3.63, 3.8) is 0 Å². The van der Waals surface area contributed by atoms with Gasteiger partial charge in [0.15, 0.2) is 0 Å². The quantitative estimate of drug-likeness (QED) is 0.795. The molecular formula is C17H25N3O4S. The van der Waals surface area contributed by atoms with Gasteiger partial charge in [0, 0.05) is 19.0 Å². The van der Waals surface area contributed by atoms with E-state index in [4.69, 9.17) is 5.73 Å². The number of nitrogens with zero attached hydrogens (tertiary/aromatic N) is 1. The summed E-state index contributed by atoms with van der Waals surface area (Å²) < 4.78 is 27.5. The lowest BCUT2D eigenvalue weighted by atomic mass is 9.96. The second kappa shape index (κ2) is 7.53. The zero-order valence-electron chi connectivity index (χ0n) is 14.8. The molecule has 8 heteroatoms. The maximum atomic E-state index is 12.6. The molecule has 0 saturated carbocycles. The molecule has 2 rings (SSSR count). The first kappa shape index (κ1) is 19.4. The van der Waals surface area contributed by atoms with E-state index in [0.29, 0.717) is 37.1 Å². The van der Waals surface area contributed by atoms with Gasteiger partial charge in [-0.05, 0) is 44.7 Å². The molecule has 1 aliphatic rings. The minimum absolute atomic E-state index is 0.210. The minimum Gasteiger partial charge on any atom is -0.369 e. The van der Waals surface area contributed by atoms with Crippen LogP contribution in [-0.2, 0) is 19.6 Å². The molecule has 1 aromatic carbocycles. The van der Waals surface area contributed by atoms with E-state index in [1.165, 1.54) is 0 Å². The summed E-state index contributed by atoms with van der Waals surface area (Å²) in [7, 11) is -3.77.